The molecule has 30 heavy (non-hydrogen) atoms. The second-order valence-corrected chi connectivity index (χ2v) is 8.06. The minimum absolute atomic E-state index is 0.127. The normalized spacial score (nSPS) is 20.8. The molecule has 0 radical (unpaired) electrons. The van der Waals surface area contributed by atoms with Crippen molar-refractivity contribution in [1.29, 1.82) is 0 Å². The Morgan fingerprint density at radius 2 is 2.00 bits per heavy atom. The van der Waals surface area contributed by atoms with Crippen molar-refractivity contribution in [1.82, 2.24) is 4.90 Å². The maximum atomic E-state index is 13.0. The van der Waals surface area contributed by atoms with Crippen LogP contribution in [0.3, 0.4) is 0 Å². The van der Waals surface area contributed by atoms with Crippen molar-refractivity contribution < 1.29 is 23.9 Å². The number of nitrogens with zero attached hydrogens (tertiary/aromatic N) is 4. The first-order valence-electron chi connectivity index (χ1n) is 9.53. The minimum Gasteiger partial charge on any atom is -0.457 e. The zero-order chi connectivity index (χ0) is 22.4. The number of allylic oxidation sites excluding steroid dienone is 1. The highest BCUT2D eigenvalue weighted by Gasteiger charge is 2.54. The van der Waals surface area contributed by atoms with E-state index in [1.165, 1.54) is 4.90 Å². The Balaban J connectivity index is 2.22. The fraction of sp³-hybridized carbons (Fsp3) is 0.476. The molecule has 0 saturated carbocycles. The lowest BCUT2D eigenvalue weighted by Crippen LogP contribution is -2.46. The molecule has 0 N–H and O–H groups in total. The second kappa shape index (κ2) is 9.45. The van der Waals surface area contributed by atoms with Gasteiger partial charge in [0.2, 0.25) is 0 Å². The van der Waals surface area contributed by atoms with E-state index in [1.807, 2.05) is 0 Å². The van der Waals surface area contributed by atoms with Crippen molar-refractivity contribution in [3.05, 3.63) is 59.0 Å². The van der Waals surface area contributed by atoms with Gasteiger partial charge in [0.05, 0.1) is 0 Å². The first kappa shape index (κ1) is 23.0. The third-order valence-electron chi connectivity index (χ3n) is 4.66. The summed E-state index contributed by atoms with van der Waals surface area (Å²) < 4.78 is 10.6. The third-order valence-corrected chi connectivity index (χ3v) is 4.66. The Bertz CT molecular complexity index is 858. The van der Waals surface area contributed by atoms with E-state index in [1.54, 1.807) is 57.2 Å². The van der Waals surface area contributed by atoms with Gasteiger partial charge in [-0.15, -0.1) is 6.58 Å². The number of benzene rings is 1. The van der Waals surface area contributed by atoms with E-state index in [0.29, 0.717) is 12.0 Å². The van der Waals surface area contributed by atoms with Crippen LogP contribution < -0.4 is 0 Å². The number of amides is 1. The molecule has 9 nitrogen and oxygen atoms in total. The van der Waals surface area contributed by atoms with Crippen molar-refractivity contribution in [2.24, 2.45) is 11.0 Å². The molecular weight excluding hydrogens is 388 g/mol. The Kier molecular flexibility index (Phi) is 7.24. The number of likely N-dealkylation sites (tertiary alicyclic amines) is 1. The summed E-state index contributed by atoms with van der Waals surface area (Å²) in [7, 11) is 0. The summed E-state index contributed by atoms with van der Waals surface area (Å²) in [5.74, 6) is -1.80. The molecule has 1 heterocycles. The number of carbonyl (C=O) groups is 3. The van der Waals surface area contributed by atoms with Crippen LogP contribution in [0.2, 0.25) is 0 Å². The van der Waals surface area contributed by atoms with E-state index in [2.05, 4.69) is 16.6 Å². The SMILES string of the molecule is C=CC[C@H]1CN(C(=O)OC(C)(C)C)C[C@@]1(N=[N+]=[N-])C(=O)OCC(=O)c1ccccc1. The van der Waals surface area contributed by atoms with E-state index < -0.39 is 35.7 Å². The van der Waals surface area contributed by atoms with Crippen LogP contribution in [0.1, 0.15) is 37.6 Å². The summed E-state index contributed by atoms with van der Waals surface area (Å²) >= 11 is 0. The van der Waals surface area contributed by atoms with Crippen LogP contribution in [-0.4, -0.2) is 53.6 Å². The lowest BCUT2D eigenvalue weighted by Gasteiger charge is -2.27. The zero-order valence-electron chi connectivity index (χ0n) is 17.4. The van der Waals surface area contributed by atoms with Gasteiger partial charge in [0.25, 0.3) is 0 Å². The van der Waals surface area contributed by atoms with E-state index in [-0.39, 0.29) is 18.9 Å². The molecular formula is C21H26N4O5. The number of ketones is 1. The van der Waals surface area contributed by atoms with Crippen molar-refractivity contribution >= 4 is 17.8 Å². The van der Waals surface area contributed by atoms with Crippen LogP contribution in [0.4, 0.5) is 4.79 Å². The fourth-order valence-corrected chi connectivity index (χ4v) is 3.27. The van der Waals surface area contributed by atoms with Gasteiger partial charge in [0.1, 0.15) is 5.60 Å². The number of rotatable bonds is 7. The van der Waals surface area contributed by atoms with Gasteiger partial charge in [0.15, 0.2) is 17.9 Å². The Labute approximate surface area is 175 Å². The molecule has 1 saturated heterocycles. The maximum absolute atomic E-state index is 13.0. The summed E-state index contributed by atoms with van der Waals surface area (Å²) in [6.45, 7) is 8.28. The Morgan fingerprint density at radius 3 is 2.57 bits per heavy atom. The zero-order valence-corrected chi connectivity index (χ0v) is 17.4. The number of ether oxygens (including phenoxy) is 2. The number of esters is 1. The van der Waals surface area contributed by atoms with Gasteiger partial charge in [-0.3, -0.25) is 9.59 Å². The molecule has 0 spiro atoms. The minimum atomic E-state index is -1.67. The molecule has 1 aromatic rings. The van der Waals surface area contributed by atoms with Gasteiger partial charge in [-0.1, -0.05) is 41.5 Å². The van der Waals surface area contributed by atoms with E-state index >= 15 is 0 Å². The van der Waals surface area contributed by atoms with Gasteiger partial charge in [0, 0.05) is 29.5 Å². The van der Waals surface area contributed by atoms with Crippen LogP contribution in [0, 0.1) is 5.92 Å². The molecule has 9 heteroatoms. The van der Waals surface area contributed by atoms with Crippen LogP contribution in [0.25, 0.3) is 10.4 Å². The van der Waals surface area contributed by atoms with Crippen molar-refractivity contribution in [2.75, 3.05) is 19.7 Å². The topological polar surface area (TPSA) is 122 Å². The van der Waals surface area contributed by atoms with Crippen LogP contribution in [0.5, 0.6) is 0 Å². The molecule has 2 atom stereocenters. The van der Waals surface area contributed by atoms with Gasteiger partial charge < -0.3 is 14.4 Å². The lowest BCUT2D eigenvalue weighted by atomic mass is 9.85. The van der Waals surface area contributed by atoms with E-state index in [9.17, 15) is 14.4 Å². The smallest absolute Gasteiger partial charge is 0.410 e. The molecule has 1 aliphatic heterocycles. The summed E-state index contributed by atoms with van der Waals surface area (Å²) in [5, 5.41) is 3.73. The number of hydrogen-bond donors (Lipinski definition) is 0. The molecule has 0 unspecified atom stereocenters. The molecule has 1 aromatic carbocycles. The highest BCUT2D eigenvalue weighted by atomic mass is 16.6. The third kappa shape index (κ3) is 5.39. The van der Waals surface area contributed by atoms with Gasteiger partial charge in [-0.05, 0) is 32.7 Å². The molecule has 1 fully saturated rings. The molecule has 0 aliphatic carbocycles. The van der Waals surface area contributed by atoms with E-state index in [4.69, 9.17) is 15.0 Å². The first-order valence-corrected chi connectivity index (χ1v) is 9.53. The average molecular weight is 414 g/mol. The van der Waals surface area contributed by atoms with Gasteiger partial charge in [-0.2, -0.15) is 0 Å². The summed E-state index contributed by atoms with van der Waals surface area (Å²) in [4.78, 5) is 41.9. The quantitative estimate of drug-likeness (QED) is 0.167. The monoisotopic (exact) mass is 414 g/mol. The number of carbonyl (C=O) groups excluding carboxylic acids is 3. The Morgan fingerprint density at radius 1 is 1.33 bits per heavy atom. The number of hydrogen-bond acceptors (Lipinski definition) is 6. The first-order chi connectivity index (χ1) is 14.1. The predicted octanol–water partition coefficient (Wildman–Crippen LogP) is 3.90. The highest BCUT2D eigenvalue weighted by Crippen LogP contribution is 2.36. The lowest BCUT2D eigenvalue weighted by molar-refractivity contribution is -0.149. The largest absolute Gasteiger partial charge is 0.457 e. The van der Waals surface area contributed by atoms with Gasteiger partial charge in [-0.25, -0.2) is 4.79 Å². The average Bonchev–Trinajstić information content (AvgIpc) is 3.05. The summed E-state index contributed by atoms with van der Waals surface area (Å²) in [5.41, 5.74) is 7.12. The molecule has 160 valence electrons. The molecule has 2 rings (SSSR count). The number of azide groups is 1. The molecule has 1 aliphatic rings. The summed E-state index contributed by atoms with van der Waals surface area (Å²) in [6, 6.07) is 8.39. The Hall–Kier alpha value is -3.32. The van der Waals surface area contributed by atoms with Crippen LogP contribution >= 0.6 is 0 Å². The molecule has 0 bridgehead atoms. The molecule has 1 amide bonds. The standard InChI is InChI=1S/C21H26N4O5/c1-5-9-16-12-25(19(28)30-20(2,3)4)14-21(16,23-24-22)18(27)29-13-17(26)15-10-7-6-8-11-15/h5-8,10-11,16H,1,9,12-14H2,2-4H3/t16-,21-/m0/s1. The number of Topliss-reactive ketones (excluding diaryl/α,β-unsaturated/α-hetero) is 1. The fourth-order valence-electron chi connectivity index (χ4n) is 3.27. The maximum Gasteiger partial charge on any atom is 0.410 e. The van der Waals surface area contributed by atoms with Crippen molar-refractivity contribution in [3.8, 4) is 0 Å². The van der Waals surface area contributed by atoms with Crippen molar-refractivity contribution in [2.45, 2.75) is 38.3 Å². The van der Waals surface area contributed by atoms with Crippen LogP contribution in [-0.2, 0) is 14.3 Å². The van der Waals surface area contributed by atoms with Crippen molar-refractivity contribution in [3.63, 3.8) is 0 Å². The highest BCUT2D eigenvalue weighted by molar-refractivity contribution is 5.98. The van der Waals surface area contributed by atoms with Gasteiger partial charge >= 0.3 is 12.1 Å². The summed E-state index contributed by atoms with van der Waals surface area (Å²) in [6.07, 6.45) is 1.26. The second-order valence-electron chi connectivity index (χ2n) is 8.06. The molecule has 0 aromatic heterocycles. The van der Waals surface area contributed by atoms with Crippen LogP contribution in [0.15, 0.2) is 48.1 Å². The predicted molar refractivity (Wildman–Crippen MR) is 110 cm³/mol. The van der Waals surface area contributed by atoms with E-state index in [0.717, 1.165) is 0 Å².